The lowest BCUT2D eigenvalue weighted by atomic mass is 10.0. The molecule has 1 aliphatic heterocycles. The molecule has 0 saturated heterocycles. The lowest BCUT2D eigenvalue weighted by molar-refractivity contribution is 0.765. The van der Waals surface area contributed by atoms with Crippen LogP contribution in [0.3, 0.4) is 0 Å². The van der Waals surface area contributed by atoms with Crippen molar-refractivity contribution in [3.05, 3.63) is 58.1 Å². The van der Waals surface area contributed by atoms with Gasteiger partial charge < -0.3 is 4.90 Å². The zero-order valence-electron chi connectivity index (χ0n) is 10.6. The Kier molecular flexibility index (Phi) is 3.94. The Bertz CT molecular complexity index is 595. The molecule has 3 rings (SSSR count). The minimum absolute atomic E-state index is 0.875. The summed E-state index contributed by atoms with van der Waals surface area (Å²) in [5.74, 6) is 0. The zero-order chi connectivity index (χ0) is 13.2. The molecule has 0 spiro atoms. The van der Waals surface area contributed by atoms with E-state index in [9.17, 15) is 0 Å². The minimum Gasteiger partial charge on any atom is -0.341 e. The summed E-state index contributed by atoms with van der Waals surface area (Å²) in [6, 6.07) is 15.3. The number of halogens is 2. The largest absolute Gasteiger partial charge is 0.341 e. The summed E-state index contributed by atoms with van der Waals surface area (Å²) in [6.07, 6.45) is 2.40. The van der Waals surface area contributed by atoms with E-state index in [1.165, 1.54) is 35.3 Å². The third-order valence-electron chi connectivity index (χ3n) is 3.59. The van der Waals surface area contributed by atoms with Crippen molar-refractivity contribution in [3.63, 3.8) is 0 Å². The number of anilines is 2. The van der Waals surface area contributed by atoms with Gasteiger partial charge >= 0.3 is 0 Å². The second-order valence-electron chi connectivity index (χ2n) is 4.79. The normalized spacial score (nSPS) is 14.3. The molecule has 0 unspecified atom stereocenters. The highest BCUT2D eigenvalue weighted by atomic mass is 79.9. The molecule has 2 aromatic carbocycles. The van der Waals surface area contributed by atoms with Gasteiger partial charge in [-0.15, -0.1) is 0 Å². The topological polar surface area (TPSA) is 3.24 Å². The van der Waals surface area contributed by atoms with Gasteiger partial charge in [-0.25, -0.2) is 0 Å². The van der Waals surface area contributed by atoms with Crippen molar-refractivity contribution in [1.82, 2.24) is 0 Å². The van der Waals surface area contributed by atoms with Gasteiger partial charge in [-0.2, -0.15) is 0 Å². The van der Waals surface area contributed by atoms with Crippen LogP contribution in [-0.2, 0) is 11.8 Å². The number of rotatable bonds is 2. The van der Waals surface area contributed by atoms with Crippen molar-refractivity contribution in [2.75, 3.05) is 11.4 Å². The zero-order valence-corrected chi connectivity index (χ0v) is 13.7. The van der Waals surface area contributed by atoms with E-state index in [1.807, 2.05) is 0 Å². The number of hydrogen-bond acceptors (Lipinski definition) is 1. The van der Waals surface area contributed by atoms with E-state index in [2.05, 4.69) is 79.2 Å². The molecule has 0 fully saturated rings. The van der Waals surface area contributed by atoms with Crippen LogP contribution < -0.4 is 4.90 Å². The summed E-state index contributed by atoms with van der Waals surface area (Å²) in [5, 5.41) is 0.875. The van der Waals surface area contributed by atoms with Gasteiger partial charge in [0.15, 0.2) is 0 Å². The molecule has 0 aromatic heterocycles. The first-order valence-electron chi connectivity index (χ1n) is 6.49. The van der Waals surface area contributed by atoms with E-state index in [1.54, 1.807) is 0 Å². The van der Waals surface area contributed by atoms with Crippen LogP contribution in [0.1, 0.15) is 17.5 Å². The third kappa shape index (κ3) is 2.59. The first-order valence-corrected chi connectivity index (χ1v) is 8.41. The Labute approximate surface area is 130 Å². The average molecular weight is 381 g/mol. The van der Waals surface area contributed by atoms with E-state index in [0.717, 1.165) is 16.3 Å². The molecule has 0 aliphatic carbocycles. The second-order valence-corrected chi connectivity index (χ2v) is 6.27. The number of benzene rings is 2. The maximum Gasteiger partial charge on any atom is 0.0452 e. The molecule has 98 valence electrons. The van der Waals surface area contributed by atoms with Crippen molar-refractivity contribution in [3.8, 4) is 0 Å². The van der Waals surface area contributed by atoms with Gasteiger partial charge in [-0.1, -0.05) is 50.1 Å². The highest BCUT2D eigenvalue weighted by Gasteiger charge is 2.19. The first-order chi connectivity index (χ1) is 9.29. The minimum atomic E-state index is 0.875. The Morgan fingerprint density at radius 3 is 2.74 bits per heavy atom. The van der Waals surface area contributed by atoms with Gasteiger partial charge in [0.2, 0.25) is 0 Å². The van der Waals surface area contributed by atoms with Crippen LogP contribution in [0.5, 0.6) is 0 Å². The summed E-state index contributed by atoms with van der Waals surface area (Å²) in [5.41, 5.74) is 5.45. The van der Waals surface area contributed by atoms with Crippen molar-refractivity contribution in [1.29, 1.82) is 0 Å². The SMILES string of the molecule is BrCc1cc(Br)ccc1N1CCCc2ccccc21. The predicted molar refractivity (Wildman–Crippen MR) is 88.5 cm³/mol. The molecule has 2 aromatic rings. The smallest absolute Gasteiger partial charge is 0.0452 e. The molecule has 1 heterocycles. The number of para-hydroxylation sites is 1. The quantitative estimate of drug-likeness (QED) is 0.628. The van der Waals surface area contributed by atoms with Gasteiger partial charge in [0.1, 0.15) is 0 Å². The van der Waals surface area contributed by atoms with E-state index in [0.29, 0.717) is 0 Å². The van der Waals surface area contributed by atoms with Crippen molar-refractivity contribution >= 4 is 43.2 Å². The molecular weight excluding hydrogens is 366 g/mol. The molecule has 19 heavy (non-hydrogen) atoms. The lowest BCUT2D eigenvalue weighted by Crippen LogP contribution is -2.25. The number of nitrogens with zero attached hydrogens (tertiary/aromatic N) is 1. The van der Waals surface area contributed by atoms with Gasteiger partial charge in [0.25, 0.3) is 0 Å². The summed E-state index contributed by atoms with van der Waals surface area (Å²) in [6.45, 7) is 1.10. The second kappa shape index (κ2) is 5.68. The molecular formula is C16H15Br2N. The molecule has 0 atom stereocenters. The van der Waals surface area contributed by atoms with Gasteiger partial charge in [0.05, 0.1) is 0 Å². The summed E-state index contributed by atoms with van der Waals surface area (Å²) in [4.78, 5) is 2.45. The average Bonchev–Trinajstić information content (AvgIpc) is 2.46. The lowest BCUT2D eigenvalue weighted by Gasteiger charge is -2.32. The monoisotopic (exact) mass is 379 g/mol. The molecule has 1 nitrogen and oxygen atoms in total. The first kappa shape index (κ1) is 13.2. The number of fused-ring (bicyclic) bond motifs is 1. The maximum absolute atomic E-state index is 3.60. The Balaban J connectivity index is 2.09. The number of alkyl halides is 1. The van der Waals surface area contributed by atoms with Crippen LogP contribution >= 0.6 is 31.9 Å². The van der Waals surface area contributed by atoms with E-state index < -0.39 is 0 Å². The van der Waals surface area contributed by atoms with Crippen molar-refractivity contribution in [2.24, 2.45) is 0 Å². The predicted octanol–water partition coefficient (Wildman–Crippen LogP) is 5.43. The molecule has 1 aliphatic rings. The Morgan fingerprint density at radius 1 is 1.05 bits per heavy atom. The summed E-state index contributed by atoms with van der Waals surface area (Å²) in [7, 11) is 0. The van der Waals surface area contributed by atoms with E-state index in [4.69, 9.17) is 0 Å². The third-order valence-corrected chi connectivity index (χ3v) is 4.68. The van der Waals surface area contributed by atoms with Crippen LogP contribution in [0.2, 0.25) is 0 Å². The summed E-state index contributed by atoms with van der Waals surface area (Å²) < 4.78 is 1.14. The molecule has 3 heteroatoms. The highest BCUT2D eigenvalue weighted by molar-refractivity contribution is 9.10. The Hall–Kier alpha value is -0.800. The Morgan fingerprint density at radius 2 is 1.89 bits per heavy atom. The molecule has 0 saturated carbocycles. The van der Waals surface area contributed by atoms with Gasteiger partial charge in [-0.3, -0.25) is 0 Å². The standard InChI is InChI=1S/C16H15Br2N/c17-11-13-10-14(18)7-8-16(13)19-9-3-5-12-4-1-2-6-15(12)19/h1-2,4,6-8,10H,3,5,9,11H2. The van der Waals surface area contributed by atoms with E-state index >= 15 is 0 Å². The van der Waals surface area contributed by atoms with E-state index in [-0.39, 0.29) is 0 Å². The van der Waals surface area contributed by atoms with Crippen LogP contribution in [0.4, 0.5) is 11.4 Å². The van der Waals surface area contributed by atoms with Gasteiger partial charge in [0, 0.05) is 27.7 Å². The number of hydrogen-bond donors (Lipinski definition) is 0. The van der Waals surface area contributed by atoms with Gasteiger partial charge in [-0.05, 0) is 48.2 Å². The number of aryl methyl sites for hydroxylation is 1. The van der Waals surface area contributed by atoms with Crippen LogP contribution in [0.15, 0.2) is 46.9 Å². The fourth-order valence-corrected chi connectivity index (χ4v) is 3.57. The van der Waals surface area contributed by atoms with Crippen molar-refractivity contribution < 1.29 is 0 Å². The molecule has 0 radical (unpaired) electrons. The highest BCUT2D eigenvalue weighted by Crippen LogP contribution is 2.36. The molecule has 0 N–H and O–H groups in total. The summed E-state index contributed by atoms with van der Waals surface area (Å²) >= 11 is 7.16. The van der Waals surface area contributed by atoms with Crippen LogP contribution in [0.25, 0.3) is 0 Å². The molecule has 0 bridgehead atoms. The van der Waals surface area contributed by atoms with Crippen LogP contribution in [-0.4, -0.2) is 6.54 Å². The fourth-order valence-electron chi connectivity index (χ4n) is 2.71. The fraction of sp³-hybridized carbons (Fsp3) is 0.250. The maximum atomic E-state index is 3.60. The molecule has 0 amide bonds. The van der Waals surface area contributed by atoms with Crippen LogP contribution in [0, 0.1) is 0 Å². The van der Waals surface area contributed by atoms with Crippen molar-refractivity contribution in [2.45, 2.75) is 18.2 Å².